The molecule has 0 fully saturated rings. The molecule has 0 bridgehead atoms. The minimum Gasteiger partial charge on any atom is -0.463 e. The van der Waals surface area contributed by atoms with Crippen LogP contribution in [0, 0.1) is 11.3 Å². The number of carbonyl (C=O) groups is 1. The molecule has 3 aromatic rings. The molecule has 0 spiro atoms. The van der Waals surface area contributed by atoms with Crippen LogP contribution in [0.3, 0.4) is 0 Å². The second kappa shape index (κ2) is 5.70. The van der Waals surface area contributed by atoms with Crippen molar-refractivity contribution < 1.29 is 9.53 Å². The van der Waals surface area contributed by atoms with Crippen LogP contribution in [0.4, 0.5) is 0 Å². The third-order valence-electron chi connectivity index (χ3n) is 3.61. The quantitative estimate of drug-likeness (QED) is 0.693. The number of benzene rings is 2. The Balaban J connectivity index is 2.25. The van der Waals surface area contributed by atoms with Crippen LogP contribution in [0.2, 0.25) is 0 Å². The van der Waals surface area contributed by atoms with Gasteiger partial charge in [-0.05, 0) is 17.2 Å². The van der Waals surface area contributed by atoms with E-state index < -0.39 is 0 Å². The monoisotopic (exact) mass is 291 g/mol. The minimum atomic E-state index is 0.175. The van der Waals surface area contributed by atoms with Gasteiger partial charge in [-0.2, -0.15) is 5.26 Å². The summed E-state index contributed by atoms with van der Waals surface area (Å²) >= 11 is 0. The van der Waals surface area contributed by atoms with E-state index in [2.05, 4.69) is 11.1 Å². The van der Waals surface area contributed by atoms with Crippen LogP contribution in [-0.2, 0) is 23.2 Å². The predicted octanol–water partition coefficient (Wildman–Crippen LogP) is 2.78. The number of fused-ring (bicyclic) bond motifs is 1. The molecule has 108 valence electrons. The molecule has 0 atom stereocenters. The van der Waals surface area contributed by atoms with Crippen LogP contribution in [0.15, 0.2) is 42.7 Å². The topological polar surface area (TPSA) is 67.9 Å². The van der Waals surface area contributed by atoms with Gasteiger partial charge in [0.05, 0.1) is 22.9 Å². The van der Waals surface area contributed by atoms with Crippen molar-refractivity contribution in [3.63, 3.8) is 0 Å². The standard InChI is InChI=1S/C17H13N3O2/c1-20-10-19-16-7-6-14(15(8-18)17(16)20)13-5-3-2-4-12(13)9-22-11-21/h2-7,10-11H,9H2,1H3. The Bertz CT molecular complexity index is 891. The summed E-state index contributed by atoms with van der Waals surface area (Å²) in [5.74, 6) is 0. The van der Waals surface area contributed by atoms with Gasteiger partial charge in [0, 0.05) is 12.6 Å². The fraction of sp³-hybridized carbons (Fsp3) is 0.118. The van der Waals surface area contributed by atoms with Crippen LogP contribution in [-0.4, -0.2) is 16.0 Å². The highest BCUT2D eigenvalue weighted by Gasteiger charge is 2.15. The number of hydrogen-bond donors (Lipinski definition) is 0. The molecular weight excluding hydrogens is 278 g/mol. The number of aryl methyl sites for hydroxylation is 1. The summed E-state index contributed by atoms with van der Waals surface area (Å²) in [6.45, 7) is 0.597. The molecule has 0 amide bonds. The molecule has 3 rings (SSSR count). The van der Waals surface area contributed by atoms with Crippen molar-refractivity contribution in [1.29, 1.82) is 5.26 Å². The van der Waals surface area contributed by atoms with E-state index in [4.69, 9.17) is 4.74 Å². The fourth-order valence-electron chi connectivity index (χ4n) is 2.62. The number of carbonyl (C=O) groups excluding carboxylic acids is 1. The Morgan fingerprint density at radius 3 is 2.86 bits per heavy atom. The van der Waals surface area contributed by atoms with E-state index in [1.54, 1.807) is 6.33 Å². The SMILES string of the molecule is Cn1cnc2ccc(-c3ccccc3COC=O)c(C#N)c21. The third-order valence-corrected chi connectivity index (χ3v) is 3.61. The maximum atomic E-state index is 10.4. The molecular formula is C17H13N3O2. The molecule has 0 unspecified atom stereocenters. The normalized spacial score (nSPS) is 10.4. The van der Waals surface area contributed by atoms with E-state index in [1.165, 1.54) is 0 Å². The lowest BCUT2D eigenvalue weighted by Gasteiger charge is -2.11. The average molecular weight is 291 g/mol. The van der Waals surface area contributed by atoms with Gasteiger partial charge in [-0.15, -0.1) is 0 Å². The molecule has 5 nitrogen and oxygen atoms in total. The van der Waals surface area contributed by atoms with Crippen molar-refractivity contribution in [3.8, 4) is 17.2 Å². The lowest BCUT2D eigenvalue weighted by atomic mass is 9.95. The first-order valence-electron chi connectivity index (χ1n) is 6.74. The Morgan fingerprint density at radius 2 is 2.09 bits per heavy atom. The van der Waals surface area contributed by atoms with E-state index in [0.29, 0.717) is 12.0 Å². The van der Waals surface area contributed by atoms with Crippen molar-refractivity contribution >= 4 is 17.5 Å². The maximum absolute atomic E-state index is 10.4. The lowest BCUT2D eigenvalue weighted by molar-refractivity contribution is -0.129. The number of nitrogens with zero attached hydrogens (tertiary/aromatic N) is 3. The van der Waals surface area contributed by atoms with Crippen LogP contribution < -0.4 is 0 Å². The number of nitriles is 1. The van der Waals surface area contributed by atoms with Gasteiger partial charge >= 0.3 is 0 Å². The molecule has 2 aromatic carbocycles. The molecule has 0 saturated carbocycles. The second-order valence-electron chi connectivity index (χ2n) is 4.89. The molecule has 0 radical (unpaired) electrons. The van der Waals surface area contributed by atoms with E-state index in [-0.39, 0.29) is 6.61 Å². The molecule has 5 heteroatoms. The van der Waals surface area contributed by atoms with Gasteiger partial charge < -0.3 is 9.30 Å². The summed E-state index contributed by atoms with van der Waals surface area (Å²) in [5, 5.41) is 9.61. The number of hydrogen-bond acceptors (Lipinski definition) is 4. The summed E-state index contributed by atoms with van der Waals surface area (Å²) in [7, 11) is 1.86. The Morgan fingerprint density at radius 1 is 1.27 bits per heavy atom. The molecule has 0 aliphatic heterocycles. The minimum absolute atomic E-state index is 0.175. The van der Waals surface area contributed by atoms with Crippen LogP contribution in [0.25, 0.3) is 22.2 Å². The third kappa shape index (κ3) is 2.21. The Hall–Kier alpha value is -3.13. The highest BCUT2D eigenvalue weighted by molar-refractivity contribution is 5.90. The molecule has 1 aromatic heterocycles. The number of rotatable bonds is 4. The first-order valence-corrected chi connectivity index (χ1v) is 6.74. The van der Waals surface area contributed by atoms with E-state index >= 15 is 0 Å². The fourth-order valence-corrected chi connectivity index (χ4v) is 2.62. The summed E-state index contributed by atoms with van der Waals surface area (Å²) in [5.41, 5.74) is 4.69. The summed E-state index contributed by atoms with van der Waals surface area (Å²) in [6.07, 6.45) is 1.69. The molecule has 1 heterocycles. The zero-order chi connectivity index (χ0) is 15.5. The predicted molar refractivity (Wildman–Crippen MR) is 81.7 cm³/mol. The van der Waals surface area contributed by atoms with Crippen molar-refractivity contribution in [2.45, 2.75) is 6.61 Å². The zero-order valence-corrected chi connectivity index (χ0v) is 12.0. The van der Waals surface area contributed by atoms with Gasteiger partial charge in [-0.3, -0.25) is 4.79 Å². The van der Waals surface area contributed by atoms with Gasteiger partial charge in [-0.1, -0.05) is 30.3 Å². The van der Waals surface area contributed by atoms with Crippen LogP contribution >= 0.6 is 0 Å². The van der Waals surface area contributed by atoms with Gasteiger partial charge in [0.25, 0.3) is 6.47 Å². The molecule has 0 saturated heterocycles. The summed E-state index contributed by atoms with van der Waals surface area (Å²) in [6, 6.07) is 13.6. The Kier molecular flexibility index (Phi) is 3.58. The highest BCUT2D eigenvalue weighted by atomic mass is 16.5. The lowest BCUT2D eigenvalue weighted by Crippen LogP contribution is -1.97. The highest BCUT2D eigenvalue weighted by Crippen LogP contribution is 2.31. The van der Waals surface area contributed by atoms with E-state index in [1.807, 2.05) is 48.0 Å². The maximum Gasteiger partial charge on any atom is 0.293 e. The van der Waals surface area contributed by atoms with Crippen molar-refractivity contribution in [2.24, 2.45) is 7.05 Å². The summed E-state index contributed by atoms with van der Waals surface area (Å²) in [4.78, 5) is 14.7. The molecule has 22 heavy (non-hydrogen) atoms. The molecule has 0 aliphatic rings. The average Bonchev–Trinajstić information content (AvgIpc) is 2.94. The van der Waals surface area contributed by atoms with Gasteiger partial charge in [0.1, 0.15) is 12.7 Å². The van der Waals surface area contributed by atoms with Crippen LogP contribution in [0.5, 0.6) is 0 Å². The first kappa shape index (κ1) is 13.8. The smallest absolute Gasteiger partial charge is 0.293 e. The molecule has 0 N–H and O–H groups in total. The largest absolute Gasteiger partial charge is 0.463 e. The van der Waals surface area contributed by atoms with E-state index in [9.17, 15) is 10.1 Å². The Labute approximate surface area is 127 Å². The molecule has 0 aliphatic carbocycles. The first-order chi connectivity index (χ1) is 10.8. The number of imidazole rings is 1. The van der Waals surface area contributed by atoms with Gasteiger partial charge in [0.2, 0.25) is 0 Å². The van der Waals surface area contributed by atoms with Gasteiger partial charge in [0.15, 0.2) is 0 Å². The number of ether oxygens (including phenoxy) is 1. The van der Waals surface area contributed by atoms with Crippen molar-refractivity contribution in [3.05, 3.63) is 53.9 Å². The van der Waals surface area contributed by atoms with Crippen molar-refractivity contribution in [1.82, 2.24) is 9.55 Å². The van der Waals surface area contributed by atoms with E-state index in [0.717, 1.165) is 27.7 Å². The van der Waals surface area contributed by atoms with Gasteiger partial charge in [-0.25, -0.2) is 4.98 Å². The zero-order valence-electron chi connectivity index (χ0n) is 12.0. The second-order valence-corrected chi connectivity index (χ2v) is 4.89. The number of aromatic nitrogens is 2. The van der Waals surface area contributed by atoms with Crippen molar-refractivity contribution in [2.75, 3.05) is 0 Å². The van der Waals surface area contributed by atoms with Crippen LogP contribution in [0.1, 0.15) is 11.1 Å². The summed E-state index contributed by atoms with van der Waals surface area (Å²) < 4.78 is 6.71.